The zero-order chi connectivity index (χ0) is 21.5. The average Bonchev–Trinajstić information content (AvgIpc) is 2.79. The molecule has 5 nitrogen and oxygen atoms in total. The van der Waals surface area contributed by atoms with Crippen LogP contribution in [-0.4, -0.2) is 48.9 Å². The van der Waals surface area contributed by atoms with Crippen LogP contribution in [0.4, 0.5) is 0 Å². The van der Waals surface area contributed by atoms with Gasteiger partial charge in [0, 0.05) is 27.2 Å². The van der Waals surface area contributed by atoms with Crippen LogP contribution in [0.2, 0.25) is 0 Å². The Bertz CT molecular complexity index is 835. The van der Waals surface area contributed by atoms with Gasteiger partial charge in [0.1, 0.15) is 6.61 Å². The molecule has 30 heavy (non-hydrogen) atoms. The molecule has 0 saturated carbocycles. The van der Waals surface area contributed by atoms with E-state index in [2.05, 4.69) is 31.2 Å². The average molecular weight is 409 g/mol. The first-order valence-corrected chi connectivity index (χ1v) is 10.7. The van der Waals surface area contributed by atoms with Crippen LogP contribution in [0.1, 0.15) is 42.5 Å². The number of aryl methyl sites for hydroxylation is 1. The van der Waals surface area contributed by atoms with E-state index in [0.29, 0.717) is 13.1 Å². The van der Waals surface area contributed by atoms with Gasteiger partial charge in [0.2, 0.25) is 11.8 Å². The van der Waals surface area contributed by atoms with Crippen LogP contribution in [0.5, 0.6) is 0 Å². The summed E-state index contributed by atoms with van der Waals surface area (Å²) in [5, 5.41) is 0. The third-order valence-electron chi connectivity index (χ3n) is 5.93. The highest BCUT2D eigenvalue weighted by molar-refractivity contribution is 5.82. The zero-order valence-electron chi connectivity index (χ0n) is 18.2. The molecule has 2 atom stereocenters. The number of ether oxygens (including phenoxy) is 1. The maximum atomic E-state index is 13.1. The van der Waals surface area contributed by atoms with E-state index in [4.69, 9.17) is 4.74 Å². The minimum Gasteiger partial charge on any atom is -0.375 e. The normalized spacial score (nSPS) is 18.8. The van der Waals surface area contributed by atoms with E-state index >= 15 is 0 Å². The van der Waals surface area contributed by atoms with Crippen molar-refractivity contribution < 1.29 is 14.3 Å². The van der Waals surface area contributed by atoms with Gasteiger partial charge in [-0.25, -0.2) is 0 Å². The van der Waals surface area contributed by atoms with Gasteiger partial charge in [-0.15, -0.1) is 0 Å². The number of nitrogens with zero attached hydrogens (tertiary/aromatic N) is 2. The topological polar surface area (TPSA) is 49.9 Å². The summed E-state index contributed by atoms with van der Waals surface area (Å²) < 4.78 is 5.11. The number of piperidine rings is 1. The molecule has 1 saturated heterocycles. The summed E-state index contributed by atoms with van der Waals surface area (Å²) in [6.07, 6.45) is 2.53. The minimum absolute atomic E-state index is 0.0120. The van der Waals surface area contributed by atoms with Gasteiger partial charge in [0.25, 0.3) is 0 Å². The van der Waals surface area contributed by atoms with Crippen LogP contribution >= 0.6 is 0 Å². The number of hydrogen-bond donors (Lipinski definition) is 0. The molecule has 2 aromatic carbocycles. The van der Waals surface area contributed by atoms with Gasteiger partial charge in [0.15, 0.2) is 0 Å². The third kappa shape index (κ3) is 5.28. The van der Waals surface area contributed by atoms with E-state index in [9.17, 15) is 9.59 Å². The maximum Gasteiger partial charge on any atom is 0.249 e. The van der Waals surface area contributed by atoms with Gasteiger partial charge < -0.3 is 14.5 Å². The number of hydrogen-bond acceptors (Lipinski definition) is 3. The van der Waals surface area contributed by atoms with Gasteiger partial charge in [-0.2, -0.15) is 0 Å². The Morgan fingerprint density at radius 2 is 1.73 bits per heavy atom. The number of methoxy groups -OCH3 is 1. The Morgan fingerprint density at radius 3 is 2.37 bits per heavy atom. The Morgan fingerprint density at radius 1 is 1.03 bits per heavy atom. The zero-order valence-corrected chi connectivity index (χ0v) is 18.2. The first kappa shape index (κ1) is 22.0. The molecule has 1 fully saturated rings. The van der Waals surface area contributed by atoms with Crippen molar-refractivity contribution >= 4 is 11.8 Å². The SMILES string of the molecule is CCc1ccc([C@H]2CC[C@@H](C(=O)N(C)Cc3ccccc3)CN2C(=O)COC)cc1. The Balaban J connectivity index is 1.73. The van der Waals surface area contributed by atoms with E-state index in [-0.39, 0.29) is 30.4 Å². The van der Waals surface area contributed by atoms with Crippen LogP contribution in [0, 0.1) is 5.92 Å². The molecule has 0 aliphatic carbocycles. The van der Waals surface area contributed by atoms with Crippen molar-refractivity contribution in [3.63, 3.8) is 0 Å². The summed E-state index contributed by atoms with van der Waals surface area (Å²) in [6, 6.07) is 18.4. The molecule has 0 bridgehead atoms. The lowest BCUT2D eigenvalue weighted by atomic mass is 9.87. The van der Waals surface area contributed by atoms with Crippen molar-refractivity contribution in [3.8, 4) is 0 Å². The molecule has 0 radical (unpaired) electrons. The molecule has 3 rings (SSSR count). The number of amides is 2. The predicted molar refractivity (Wildman–Crippen MR) is 118 cm³/mol. The van der Waals surface area contributed by atoms with Crippen molar-refractivity contribution in [2.45, 2.75) is 38.8 Å². The summed E-state index contributed by atoms with van der Waals surface area (Å²) >= 11 is 0. The lowest BCUT2D eigenvalue weighted by Crippen LogP contribution is -2.48. The van der Waals surface area contributed by atoms with Gasteiger partial charge >= 0.3 is 0 Å². The summed E-state index contributed by atoms with van der Waals surface area (Å²) in [5.41, 5.74) is 3.51. The highest BCUT2D eigenvalue weighted by Crippen LogP contribution is 2.34. The number of carbonyl (C=O) groups is 2. The molecule has 5 heteroatoms. The van der Waals surface area contributed by atoms with E-state index in [1.54, 1.807) is 4.90 Å². The smallest absolute Gasteiger partial charge is 0.249 e. The molecule has 2 aromatic rings. The van der Waals surface area contributed by atoms with Crippen LogP contribution in [0.15, 0.2) is 54.6 Å². The molecular formula is C25H32N2O3. The van der Waals surface area contributed by atoms with Crippen molar-refractivity contribution in [2.24, 2.45) is 5.92 Å². The van der Waals surface area contributed by atoms with Crippen molar-refractivity contribution in [1.82, 2.24) is 9.80 Å². The standard InChI is InChI=1S/C25H32N2O3/c1-4-19-10-12-21(13-11-19)23-15-14-22(17-27(23)24(28)18-30-3)25(29)26(2)16-20-8-6-5-7-9-20/h5-13,22-23H,4,14-18H2,1-3H3/t22-,23-/m1/s1. The Hall–Kier alpha value is -2.66. The lowest BCUT2D eigenvalue weighted by molar-refractivity contribution is -0.145. The van der Waals surface area contributed by atoms with Crippen molar-refractivity contribution in [3.05, 3.63) is 71.3 Å². The summed E-state index contributed by atoms with van der Waals surface area (Å²) in [4.78, 5) is 29.5. The molecule has 2 amide bonds. The van der Waals surface area contributed by atoms with Crippen LogP contribution in [0.25, 0.3) is 0 Å². The van der Waals surface area contributed by atoms with Crippen molar-refractivity contribution in [2.75, 3.05) is 27.3 Å². The second kappa shape index (κ2) is 10.4. The highest BCUT2D eigenvalue weighted by atomic mass is 16.5. The van der Waals surface area contributed by atoms with E-state index in [0.717, 1.165) is 30.4 Å². The lowest BCUT2D eigenvalue weighted by Gasteiger charge is -2.40. The van der Waals surface area contributed by atoms with E-state index < -0.39 is 0 Å². The number of carbonyl (C=O) groups excluding carboxylic acids is 2. The molecular weight excluding hydrogens is 376 g/mol. The van der Waals surface area contributed by atoms with Gasteiger partial charge in [0.05, 0.1) is 12.0 Å². The summed E-state index contributed by atoms with van der Waals surface area (Å²) in [6.45, 7) is 3.17. The summed E-state index contributed by atoms with van der Waals surface area (Å²) in [7, 11) is 3.37. The predicted octanol–water partition coefficient (Wildman–Crippen LogP) is 3.83. The first-order valence-electron chi connectivity index (χ1n) is 10.7. The van der Waals surface area contributed by atoms with E-state index in [1.165, 1.54) is 12.7 Å². The fraction of sp³-hybridized carbons (Fsp3) is 0.440. The molecule has 1 aliphatic rings. The number of benzene rings is 2. The molecule has 160 valence electrons. The highest BCUT2D eigenvalue weighted by Gasteiger charge is 2.36. The summed E-state index contributed by atoms with van der Waals surface area (Å²) in [5.74, 6) is -0.162. The number of likely N-dealkylation sites (tertiary alicyclic amines) is 1. The quantitative estimate of drug-likeness (QED) is 0.700. The van der Waals surface area contributed by atoms with Gasteiger partial charge in [-0.1, -0.05) is 61.5 Å². The van der Waals surface area contributed by atoms with Crippen molar-refractivity contribution in [1.29, 1.82) is 0 Å². The third-order valence-corrected chi connectivity index (χ3v) is 5.93. The molecule has 0 unspecified atom stereocenters. The Kier molecular flexibility index (Phi) is 7.63. The fourth-order valence-electron chi connectivity index (χ4n) is 4.22. The molecule has 0 spiro atoms. The molecule has 1 heterocycles. The largest absolute Gasteiger partial charge is 0.375 e. The second-order valence-electron chi connectivity index (χ2n) is 8.04. The first-order chi connectivity index (χ1) is 14.5. The molecule has 0 aromatic heterocycles. The van der Waals surface area contributed by atoms with Gasteiger partial charge in [-0.05, 0) is 36.0 Å². The molecule has 0 N–H and O–H groups in total. The van der Waals surface area contributed by atoms with E-state index in [1.807, 2.05) is 42.3 Å². The Labute approximate surface area is 179 Å². The fourth-order valence-corrected chi connectivity index (χ4v) is 4.22. The van der Waals surface area contributed by atoms with Crippen LogP contribution in [0.3, 0.4) is 0 Å². The number of rotatable bonds is 7. The molecule has 1 aliphatic heterocycles. The van der Waals surface area contributed by atoms with Crippen LogP contribution < -0.4 is 0 Å². The minimum atomic E-state index is -0.189. The monoisotopic (exact) mass is 408 g/mol. The second-order valence-corrected chi connectivity index (χ2v) is 8.04. The maximum absolute atomic E-state index is 13.1. The van der Waals surface area contributed by atoms with Gasteiger partial charge in [-0.3, -0.25) is 9.59 Å². The van der Waals surface area contributed by atoms with Crippen LogP contribution in [-0.2, 0) is 27.3 Å².